The van der Waals surface area contributed by atoms with Crippen LogP contribution in [-0.4, -0.2) is 30.4 Å². The second-order valence-corrected chi connectivity index (χ2v) is 7.49. The maximum absolute atomic E-state index is 14.0. The monoisotopic (exact) mass is 464 g/mol. The molecule has 0 atom stereocenters. The minimum atomic E-state index is -0.533. The van der Waals surface area contributed by atoms with E-state index in [2.05, 4.69) is 15.5 Å². The standard InChI is InChI=1S/C23H21FN6O4/c1-15-22(16(2)29(26-15)13-17-7-3-4-8-18(17)24)25-23(31)19-11-12-28(27-19)14-34-21-10-6-5-9-20(21)30(32)33/h3-12H,13-14H2,1-2H3,(H,25,31). The van der Waals surface area contributed by atoms with Crippen molar-refractivity contribution in [2.45, 2.75) is 27.1 Å². The number of carbonyl (C=O) groups excluding carboxylic acids is 1. The average molecular weight is 464 g/mol. The Morgan fingerprint density at radius 2 is 1.85 bits per heavy atom. The van der Waals surface area contributed by atoms with Crippen LogP contribution in [0.1, 0.15) is 27.4 Å². The quantitative estimate of drug-likeness (QED) is 0.310. The lowest BCUT2D eigenvalue weighted by Gasteiger charge is -2.08. The van der Waals surface area contributed by atoms with Gasteiger partial charge in [0.15, 0.2) is 18.2 Å². The number of benzene rings is 2. The van der Waals surface area contributed by atoms with E-state index < -0.39 is 10.8 Å². The fourth-order valence-electron chi connectivity index (χ4n) is 3.42. The normalized spacial score (nSPS) is 10.8. The van der Waals surface area contributed by atoms with Crippen LogP contribution in [0.4, 0.5) is 15.8 Å². The van der Waals surface area contributed by atoms with Gasteiger partial charge in [-0.25, -0.2) is 9.07 Å². The molecule has 174 valence electrons. The van der Waals surface area contributed by atoms with E-state index in [0.29, 0.717) is 22.6 Å². The molecule has 0 saturated carbocycles. The molecule has 10 nitrogen and oxygen atoms in total. The fraction of sp³-hybridized carbons (Fsp3) is 0.174. The molecule has 1 amide bonds. The Balaban J connectivity index is 1.44. The van der Waals surface area contributed by atoms with E-state index in [0.717, 1.165) is 0 Å². The first-order valence-electron chi connectivity index (χ1n) is 10.3. The third-order valence-corrected chi connectivity index (χ3v) is 5.19. The predicted molar refractivity (Wildman–Crippen MR) is 121 cm³/mol. The lowest BCUT2D eigenvalue weighted by molar-refractivity contribution is -0.386. The van der Waals surface area contributed by atoms with Gasteiger partial charge in [0.05, 0.1) is 28.5 Å². The highest BCUT2D eigenvalue weighted by molar-refractivity contribution is 6.03. The first-order valence-corrected chi connectivity index (χ1v) is 10.3. The molecule has 2 heterocycles. The topological polar surface area (TPSA) is 117 Å². The first kappa shape index (κ1) is 22.6. The third-order valence-electron chi connectivity index (χ3n) is 5.19. The van der Waals surface area contributed by atoms with Crippen LogP contribution in [0.25, 0.3) is 0 Å². The molecule has 34 heavy (non-hydrogen) atoms. The number of carbonyl (C=O) groups is 1. The molecule has 0 fully saturated rings. The predicted octanol–water partition coefficient (Wildman–Crippen LogP) is 4.08. The van der Waals surface area contributed by atoms with Crippen LogP contribution in [0.2, 0.25) is 0 Å². The van der Waals surface area contributed by atoms with Crippen molar-refractivity contribution in [1.82, 2.24) is 19.6 Å². The molecule has 2 aromatic heterocycles. The van der Waals surface area contributed by atoms with E-state index in [4.69, 9.17) is 4.74 Å². The van der Waals surface area contributed by atoms with Crippen molar-refractivity contribution < 1.29 is 18.8 Å². The van der Waals surface area contributed by atoms with Gasteiger partial charge in [0.2, 0.25) is 0 Å². The van der Waals surface area contributed by atoms with Crippen LogP contribution < -0.4 is 10.1 Å². The summed E-state index contributed by atoms with van der Waals surface area (Å²) in [5, 5.41) is 22.5. The van der Waals surface area contributed by atoms with Crippen molar-refractivity contribution in [3.8, 4) is 5.75 Å². The summed E-state index contributed by atoms with van der Waals surface area (Å²) in [4.78, 5) is 23.3. The Hall–Kier alpha value is -4.54. The minimum Gasteiger partial charge on any atom is -0.464 e. The second kappa shape index (κ2) is 9.53. The SMILES string of the molecule is Cc1nn(Cc2ccccc2F)c(C)c1NC(=O)c1ccn(COc2ccccc2[N+](=O)[O-])n1. The van der Waals surface area contributed by atoms with Crippen LogP contribution >= 0.6 is 0 Å². The summed E-state index contributed by atoms with van der Waals surface area (Å²) in [6.07, 6.45) is 1.53. The van der Waals surface area contributed by atoms with Crippen LogP contribution in [-0.2, 0) is 13.3 Å². The molecule has 0 radical (unpaired) electrons. The van der Waals surface area contributed by atoms with E-state index in [-0.39, 0.29) is 36.2 Å². The van der Waals surface area contributed by atoms with Gasteiger partial charge in [-0.1, -0.05) is 30.3 Å². The highest BCUT2D eigenvalue weighted by Crippen LogP contribution is 2.26. The number of rotatable bonds is 8. The maximum atomic E-state index is 14.0. The van der Waals surface area contributed by atoms with Crippen molar-refractivity contribution in [2.24, 2.45) is 0 Å². The molecule has 0 aliphatic heterocycles. The minimum absolute atomic E-state index is 0.0996. The van der Waals surface area contributed by atoms with Crippen LogP contribution in [0, 0.1) is 29.8 Å². The second-order valence-electron chi connectivity index (χ2n) is 7.49. The Labute approximate surface area is 193 Å². The number of nitrogens with zero attached hydrogens (tertiary/aromatic N) is 5. The zero-order chi connectivity index (χ0) is 24.2. The average Bonchev–Trinajstić information content (AvgIpc) is 3.40. The van der Waals surface area contributed by atoms with Crippen molar-refractivity contribution in [2.75, 3.05) is 5.32 Å². The van der Waals surface area contributed by atoms with Gasteiger partial charge in [-0.3, -0.25) is 19.6 Å². The summed E-state index contributed by atoms with van der Waals surface area (Å²) in [7, 11) is 0. The number of nitro groups is 1. The Bertz CT molecular complexity index is 1360. The molecule has 0 saturated heterocycles. The molecule has 0 bridgehead atoms. The Kier molecular flexibility index (Phi) is 6.35. The van der Waals surface area contributed by atoms with E-state index in [1.807, 2.05) is 0 Å². The van der Waals surface area contributed by atoms with Gasteiger partial charge in [-0.05, 0) is 32.0 Å². The molecule has 0 spiro atoms. The van der Waals surface area contributed by atoms with Crippen molar-refractivity contribution in [3.63, 3.8) is 0 Å². The summed E-state index contributed by atoms with van der Waals surface area (Å²) < 4.78 is 22.5. The number of anilines is 1. The highest BCUT2D eigenvalue weighted by atomic mass is 19.1. The number of nitrogens with one attached hydrogen (secondary N) is 1. The van der Waals surface area contributed by atoms with Gasteiger partial charge in [0.25, 0.3) is 5.91 Å². The molecule has 0 aliphatic rings. The zero-order valence-electron chi connectivity index (χ0n) is 18.4. The lowest BCUT2D eigenvalue weighted by atomic mass is 10.2. The molecular weight excluding hydrogens is 443 g/mol. The summed E-state index contributed by atoms with van der Waals surface area (Å²) in [6.45, 7) is 3.65. The van der Waals surface area contributed by atoms with Gasteiger partial charge >= 0.3 is 5.69 Å². The molecular formula is C23H21FN6O4. The number of para-hydroxylation sites is 2. The molecule has 0 aliphatic carbocycles. The molecule has 4 rings (SSSR count). The number of nitro benzene ring substituents is 1. The fourth-order valence-corrected chi connectivity index (χ4v) is 3.42. The van der Waals surface area contributed by atoms with E-state index in [1.165, 1.54) is 35.1 Å². The summed E-state index contributed by atoms with van der Waals surface area (Å²) in [5.41, 5.74) is 2.24. The summed E-state index contributed by atoms with van der Waals surface area (Å²) in [6, 6.07) is 14.0. The number of aromatic nitrogens is 4. The van der Waals surface area contributed by atoms with Crippen molar-refractivity contribution in [1.29, 1.82) is 0 Å². The molecule has 0 unspecified atom stereocenters. The number of aryl methyl sites for hydroxylation is 1. The summed E-state index contributed by atoms with van der Waals surface area (Å²) >= 11 is 0. The van der Waals surface area contributed by atoms with Gasteiger partial charge in [0, 0.05) is 17.8 Å². The maximum Gasteiger partial charge on any atom is 0.311 e. The third kappa shape index (κ3) is 4.77. The zero-order valence-corrected chi connectivity index (χ0v) is 18.4. The van der Waals surface area contributed by atoms with E-state index in [1.54, 1.807) is 48.9 Å². The van der Waals surface area contributed by atoms with Gasteiger partial charge in [-0.15, -0.1) is 0 Å². The molecule has 2 aromatic carbocycles. The summed E-state index contributed by atoms with van der Waals surface area (Å²) in [5.74, 6) is -0.683. The first-order chi connectivity index (χ1) is 16.3. The van der Waals surface area contributed by atoms with Gasteiger partial charge in [-0.2, -0.15) is 10.2 Å². The molecule has 1 N–H and O–H groups in total. The Morgan fingerprint density at radius 3 is 2.62 bits per heavy atom. The van der Waals surface area contributed by atoms with E-state index >= 15 is 0 Å². The van der Waals surface area contributed by atoms with Crippen LogP contribution in [0.3, 0.4) is 0 Å². The number of hydrogen-bond acceptors (Lipinski definition) is 6. The number of ether oxygens (including phenoxy) is 1. The number of halogens is 1. The number of hydrogen-bond donors (Lipinski definition) is 1. The Morgan fingerprint density at radius 1 is 1.12 bits per heavy atom. The van der Waals surface area contributed by atoms with Crippen LogP contribution in [0.5, 0.6) is 5.75 Å². The molecule has 11 heteroatoms. The van der Waals surface area contributed by atoms with Gasteiger partial charge in [0.1, 0.15) is 5.82 Å². The lowest BCUT2D eigenvalue weighted by Crippen LogP contribution is -2.15. The van der Waals surface area contributed by atoms with E-state index in [9.17, 15) is 19.3 Å². The van der Waals surface area contributed by atoms with Crippen LogP contribution in [0.15, 0.2) is 60.8 Å². The highest BCUT2D eigenvalue weighted by Gasteiger charge is 2.18. The largest absolute Gasteiger partial charge is 0.464 e. The van der Waals surface area contributed by atoms with Crippen molar-refractivity contribution in [3.05, 3.63) is 99.4 Å². The molecule has 4 aromatic rings. The number of amides is 1. The van der Waals surface area contributed by atoms with Gasteiger partial charge < -0.3 is 10.1 Å². The van der Waals surface area contributed by atoms with Crippen molar-refractivity contribution >= 4 is 17.3 Å². The smallest absolute Gasteiger partial charge is 0.311 e.